The largest absolute Gasteiger partial charge is 0.370 e. The molecule has 1 aliphatic rings. The van der Waals surface area contributed by atoms with Crippen LogP contribution in [0.4, 0.5) is 11.6 Å². The molecule has 0 amide bonds. The zero-order valence-corrected chi connectivity index (χ0v) is 17.5. The lowest BCUT2D eigenvalue weighted by molar-refractivity contribution is 0.384. The van der Waals surface area contributed by atoms with E-state index in [4.69, 9.17) is 0 Å². The first-order valence-corrected chi connectivity index (χ1v) is 11.3. The number of hydrogen-bond acceptors (Lipinski definition) is 6. The highest BCUT2D eigenvalue weighted by molar-refractivity contribution is 7.89. The van der Waals surface area contributed by atoms with Crippen LogP contribution in [0.1, 0.15) is 12.7 Å². The van der Waals surface area contributed by atoms with E-state index in [-0.39, 0.29) is 0 Å². The van der Waals surface area contributed by atoms with Crippen LogP contribution in [0.3, 0.4) is 0 Å². The van der Waals surface area contributed by atoms with Crippen molar-refractivity contribution in [3.63, 3.8) is 0 Å². The zero-order chi connectivity index (χ0) is 20.4. The SMILES string of the molecule is CCNc1cc(N2CCN(S(=O)(=O)c3cccc4ccccc34)CC2)nc(C)n1. The summed E-state index contributed by atoms with van der Waals surface area (Å²) in [5.74, 6) is 2.32. The van der Waals surface area contributed by atoms with E-state index in [1.807, 2.05) is 50.2 Å². The minimum absolute atomic E-state index is 0.372. The van der Waals surface area contributed by atoms with Crippen molar-refractivity contribution in [3.05, 3.63) is 54.4 Å². The summed E-state index contributed by atoms with van der Waals surface area (Å²) in [6.45, 7) is 6.70. The van der Waals surface area contributed by atoms with E-state index in [9.17, 15) is 8.42 Å². The van der Waals surface area contributed by atoms with Gasteiger partial charge < -0.3 is 10.2 Å². The fourth-order valence-corrected chi connectivity index (χ4v) is 5.34. The lowest BCUT2D eigenvalue weighted by Crippen LogP contribution is -2.49. The van der Waals surface area contributed by atoms with Crippen LogP contribution in [0.5, 0.6) is 0 Å². The summed E-state index contributed by atoms with van der Waals surface area (Å²) in [7, 11) is -3.56. The Labute approximate surface area is 171 Å². The molecule has 3 aromatic rings. The van der Waals surface area contributed by atoms with Crippen LogP contribution in [0.25, 0.3) is 10.8 Å². The molecule has 152 valence electrons. The molecule has 1 aromatic heterocycles. The second kappa shape index (κ2) is 7.96. The average molecular weight is 412 g/mol. The van der Waals surface area contributed by atoms with E-state index in [0.29, 0.717) is 36.9 Å². The van der Waals surface area contributed by atoms with Crippen molar-refractivity contribution < 1.29 is 8.42 Å². The van der Waals surface area contributed by atoms with Crippen LogP contribution in [-0.2, 0) is 10.0 Å². The summed E-state index contributed by atoms with van der Waals surface area (Å²) in [6.07, 6.45) is 0. The quantitative estimate of drug-likeness (QED) is 0.696. The molecule has 7 nitrogen and oxygen atoms in total. The highest BCUT2D eigenvalue weighted by atomic mass is 32.2. The molecule has 1 saturated heterocycles. The number of rotatable bonds is 5. The van der Waals surface area contributed by atoms with Crippen molar-refractivity contribution in [1.29, 1.82) is 0 Å². The lowest BCUT2D eigenvalue weighted by Gasteiger charge is -2.35. The van der Waals surface area contributed by atoms with Crippen LogP contribution in [0.2, 0.25) is 0 Å². The smallest absolute Gasteiger partial charge is 0.243 e. The van der Waals surface area contributed by atoms with Gasteiger partial charge in [-0.25, -0.2) is 18.4 Å². The topological polar surface area (TPSA) is 78.4 Å². The molecular weight excluding hydrogens is 386 g/mol. The number of aryl methyl sites for hydroxylation is 1. The van der Waals surface area contributed by atoms with Gasteiger partial charge in [0, 0.05) is 44.2 Å². The van der Waals surface area contributed by atoms with Gasteiger partial charge >= 0.3 is 0 Å². The monoisotopic (exact) mass is 411 g/mol. The van der Waals surface area contributed by atoms with Gasteiger partial charge in [-0.05, 0) is 25.3 Å². The molecule has 0 bridgehead atoms. The number of sulfonamides is 1. The van der Waals surface area contributed by atoms with Gasteiger partial charge in [0.1, 0.15) is 17.5 Å². The molecule has 1 aliphatic heterocycles. The Hall–Kier alpha value is -2.71. The maximum absolute atomic E-state index is 13.3. The minimum atomic E-state index is -3.56. The number of aromatic nitrogens is 2. The third-order valence-electron chi connectivity index (χ3n) is 5.11. The summed E-state index contributed by atoms with van der Waals surface area (Å²) in [4.78, 5) is 11.4. The van der Waals surface area contributed by atoms with Crippen LogP contribution in [0.15, 0.2) is 53.4 Å². The number of piperazine rings is 1. The second-order valence-electron chi connectivity index (χ2n) is 7.06. The molecule has 0 saturated carbocycles. The maximum atomic E-state index is 13.3. The van der Waals surface area contributed by atoms with Gasteiger partial charge in [-0.1, -0.05) is 36.4 Å². The summed E-state index contributed by atoms with van der Waals surface area (Å²) in [5, 5.41) is 4.91. The van der Waals surface area contributed by atoms with Crippen molar-refractivity contribution in [1.82, 2.24) is 14.3 Å². The average Bonchev–Trinajstić information content (AvgIpc) is 2.73. The first kappa shape index (κ1) is 19.6. The highest BCUT2D eigenvalue weighted by Gasteiger charge is 2.30. The van der Waals surface area contributed by atoms with Crippen molar-refractivity contribution in [2.45, 2.75) is 18.7 Å². The van der Waals surface area contributed by atoms with Crippen LogP contribution in [0, 0.1) is 6.92 Å². The van der Waals surface area contributed by atoms with Crippen LogP contribution < -0.4 is 10.2 Å². The van der Waals surface area contributed by atoms with Gasteiger partial charge in [0.25, 0.3) is 0 Å². The van der Waals surface area contributed by atoms with Gasteiger partial charge in [0.05, 0.1) is 4.90 Å². The Morgan fingerprint density at radius 1 is 1.00 bits per heavy atom. The molecule has 0 unspecified atom stereocenters. The minimum Gasteiger partial charge on any atom is -0.370 e. The highest BCUT2D eigenvalue weighted by Crippen LogP contribution is 2.27. The van der Waals surface area contributed by atoms with Gasteiger partial charge in [-0.15, -0.1) is 0 Å². The number of nitrogens with one attached hydrogen (secondary N) is 1. The first-order chi connectivity index (χ1) is 14.0. The summed E-state index contributed by atoms with van der Waals surface area (Å²) >= 11 is 0. The van der Waals surface area contributed by atoms with Crippen molar-refractivity contribution in [2.24, 2.45) is 0 Å². The number of benzene rings is 2. The fraction of sp³-hybridized carbons (Fsp3) is 0.333. The standard InChI is InChI=1S/C21H25N5O2S/c1-3-22-20-15-21(24-16(2)23-20)25-11-13-26(14-12-25)29(27,28)19-10-6-8-17-7-4-5-9-18(17)19/h4-10,15H,3,11-14H2,1-2H3,(H,22,23,24). The van der Waals surface area contributed by atoms with Gasteiger partial charge in [0.15, 0.2) is 0 Å². The van der Waals surface area contributed by atoms with E-state index < -0.39 is 10.0 Å². The van der Waals surface area contributed by atoms with E-state index in [2.05, 4.69) is 20.2 Å². The molecule has 2 heterocycles. The molecule has 8 heteroatoms. The molecule has 1 fully saturated rings. The molecule has 1 N–H and O–H groups in total. The first-order valence-electron chi connectivity index (χ1n) is 9.81. The van der Waals surface area contributed by atoms with Crippen molar-refractivity contribution in [2.75, 3.05) is 42.9 Å². The molecule has 2 aromatic carbocycles. The molecule has 0 atom stereocenters. The zero-order valence-electron chi connectivity index (χ0n) is 16.7. The van der Waals surface area contributed by atoms with Crippen molar-refractivity contribution >= 4 is 32.4 Å². The second-order valence-corrected chi connectivity index (χ2v) is 8.96. The third kappa shape index (κ3) is 3.90. The molecule has 0 radical (unpaired) electrons. The third-order valence-corrected chi connectivity index (χ3v) is 7.07. The number of anilines is 2. The summed E-state index contributed by atoms with van der Waals surface area (Å²) < 4.78 is 28.2. The van der Waals surface area contributed by atoms with Gasteiger partial charge in [-0.2, -0.15) is 4.31 Å². The van der Waals surface area contributed by atoms with Gasteiger partial charge in [-0.3, -0.25) is 0 Å². The van der Waals surface area contributed by atoms with E-state index in [0.717, 1.165) is 29.0 Å². The molecular formula is C21H25N5O2S. The Bertz CT molecular complexity index is 1120. The van der Waals surface area contributed by atoms with E-state index >= 15 is 0 Å². The summed E-state index contributed by atoms with van der Waals surface area (Å²) in [6, 6.07) is 15.0. The molecule has 29 heavy (non-hydrogen) atoms. The van der Waals surface area contributed by atoms with E-state index in [1.165, 1.54) is 0 Å². The predicted octanol–water partition coefficient (Wildman–Crippen LogP) is 2.88. The Balaban J connectivity index is 1.55. The van der Waals surface area contributed by atoms with Crippen molar-refractivity contribution in [3.8, 4) is 0 Å². The normalized spacial score (nSPS) is 15.6. The van der Waals surface area contributed by atoms with E-state index in [1.54, 1.807) is 16.4 Å². The maximum Gasteiger partial charge on any atom is 0.243 e. The van der Waals surface area contributed by atoms with Gasteiger partial charge in [0.2, 0.25) is 10.0 Å². The van der Waals surface area contributed by atoms with Crippen LogP contribution >= 0.6 is 0 Å². The molecule has 0 spiro atoms. The summed E-state index contributed by atoms with van der Waals surface area (Å²) in [5.41, 5.74) is 0. The molecule has 4 rings (SSSR count). The predicted molar refractivity (Wildman–Crippen MR) is 116 cm³/mol. The molecule has 0 aliphatic carbocycles. The number of fused-ring (bicyclic) bond motifs is 1. The Morgan fingerprint density at radius 2 is 1.72 bits per heavy atom. The fourth-order valence-electron chi connectivity index (χ4n) is 3.70. The Kier molecular flexibility index (Phi) is 5.38. The number of nitrogens with zero attached hydrogens (tertiary/aromatic N) is 4. The van der Waals surface area contributed by atoms with Crippen LogP contribution in [-0.4, -0.2) is 55.4 Å². The number of hydrogen-bond donors (Lipinski definition) is 1. The Morgan fingerprint density at radius 3 is 2.48 bits per heavy atom. The lowest BCUT2D eigenvalue weighted by atomic mass is 10.1.